The molecule has 1 aromatic rings. The van der Waals surface area contributed by atoms with Crippen molar-refractivity contribution in [2.75, 3.05) is 13.1 Å². The standard InChI is InChI=1S/C17H25FN2O2S/c1-13-9-14(2)11-19(10-13)23(21,22)20(17-7-8-17)12-15-3-5-16(18)6-4-15/h3-6,13-14,17H,7-12H2,1-2H3. The third kappa shape index (κ3) is 3.92. The smallest absolute Gasteiger partial charge is 0.207 e. The second kappa shape index (κ2) is 6.49. The van der Waals surface area contributed by atoms with Gasteiger partial charge in [-0.15, -0.1) is 0 Å². The molecule has 0 bridgehead atoms. The van der Waals surface area contributed by atoms with Gasteiger partial charge in [0.1, 0.15) is 5.82 Å². The first-order valence-corrected chi connectivity index (χ1v) is 9.77. The predicted molar refractivity (Wildman–Crippen MR) is 88.4 cm³/mol. The molecule has 3 rings (SSSR count). The fraction of sp³-hybridized carbons (Fsp3) is 0.647. The summed E-state index contributed by atoms with van der Waals surface area (Å²) < 4.78 is 42.5. The summed E-state index contributed by atoms with van der Waals surface area (Å²) in [6.07, 6.45) is 2.91. The van der Waals surface area contributed by atoms with E-state index in [-0.39, 0.29) is 11.9 Å². The van der Waals surface area contributed by atoms with E-state index >= 15 is 0 Å². The van der Waals surface area contributed by atoms with Crippen molar-refractivity contribution in [1.29, 1.82) is 0 Å². The van der Waals surface area contributed by atoms with Crippen molar-refractivity contribution in [3.8, 4) is 0 Å². The number of hydrogen-bond acceptors (Lipinski definition) is 2. The molecule has 1 heterocycles. The number of piperidine rings is 1. The van der Waals surface area contributed by atoms with Gasteiger partial charge in [-0.1, -0.05) is 26.0 Å². The minimum atomic E-state index is -3.46. The highest BCUT2D eigenvalue weighted by Crippen LogP contribution is 2.34. The highest BCUT2D eigenvalue weighted by Gasteiger charge is 2.42. The number of benzene rings is 1. The Bertz CT molecular complexity index is 633. The minimum absolute atomic E-state index is 0.0950. The average molecular weight is 340 g/mol. The lowest BCUT2D eigenvalue weighted by Crippen LogP contribution is -2.50. The van der Waals surface area contributed by atoms with Crippen LogP contribution in [0.2, 0.25) is 0 Å². The molecule has 23 heavy (non-hydrogen) atoms. The van der Waals surface area contributed by atoms with Gasteiger partial charge in [0.05, 0.1) is 0 Å². The summed E-state index contributed by atoms with van der Waals surface area (Å²) in [6, 6.07) is 6.21. The van der Waals surface area contributed by atoms with Crippen LogP contribution >= 0.6 is 0 Å². The van der Waals surface area contributed by atoms with Crippen LogP contribution in [-0.4, -0.2) is 36.2 Å². The number of hydrogen-bond donors (Lipinski definition) is 0. The maximum Gasteiger partial charge on any atom is 0.282 e. The van der Waals surface area contributed by atoms with Gasteiger partial charge in [0.2, 0.25) is 0 Å². The predicted octanol–water partition coefficient (Wildman–Crippen LogP) is 3.01. The Balaban J connectivity index is 1.80. The molecule has 0 N–H and O–H groups in total. The highest BCUT2D eigenvalue weighted by atomic mass is 32.2. The molecular weight excluding hydrogens is 315 g/mol. The van der Waals surface area contributed by atoms with Crippen LogP contribution in [0.25, 0.3) is 0 Å². The fourth-order valence-electron chi connectivity index (χ4n) is 3.47. The lowest BCUT2D eigenvalue weighted by molar-refractivity contribution is 0.206. The van der Waals surface area contributed by atoms with E-state index < -0.39 is 10.2 Å². The molecule has 0 spiro atoms. The van der Waals surface area contributed by atoms with Crippen molar-refractivity contribution >= 4 is 10.2 Å². The van der Waals surface area contributed by atoms with Gasteiger partial charge in [-0.2, -0.15) is 17.0 Å². The minimum Gasteiger partial charge on any atom is -0.207 e. The first kappa shape index (κ1) is 16.9. The summed E-state index contributed by atoms with van der Waals surface area (Å²) in [5.41, 5.74) is 0.833. The van der Waals surface area contributed by atoms with E-state index in [4.69, 9.17) is 0 Å². The second-order valence-corrected chi connectivity index (χ2v) is 9.05. The van der Waals surface area contributed by atoms with Crippen molar-refractivity contribution in [2.24, 2.45) is 11.8 Å². The van der Waals surface area contributed by atoms with Crippen LogP contribution in [0.3, 0.4) is 0 Å². The van der Waals surface area contributed by atoms with Crippen LogP contribution in [-0.2, 0) is 16.8 Å². The Morgan fingerprint density at radius 2 is 1.70 bits per heavy atom. The summed E-state index contributed by atoms with van der Waals surface area (Å²) in [6.45, 7) is 5.74. The molecule has 0 aromatic heterocycles. The average Bonchev–Trinajstić information content (AvgIpc) is 3.30. The van der Waals surface area contributed by atoms with Gasteiger partial charge in [-0.05, 0) is 48.8 Å². The molecular formula is C17H25FN2O2S. The zero-order valence-electron chi connectivity index (χ0n) is 13.8. The summed E-state index contributed by atoms with van der Waals surface area (Å²) >= 11 is 0. The van der Waals surface area contributed by atoms with Crippen LogP contribution in [0.1, 0.15) is 38.7 Å². The van der Waals surface area contributed by atoms with Gasteiger partial charge >= 0.3 is 0 Å². The number of nitrogens with zero attached hydrogens (tertiary/aromatic N) is 2. The van der Waals surface area contributed by atoms with Crippen LogP contribution in [0.4, 0.5) is 4.39 Å². The Morgan fingerprint density at radius 1 is 1.13 bits per heavy atom. The molecule has 1 saturated carbocycles. The SMILES string of the molecule is CC1CC(C)CN(S(=O)(=O)N(Cc2ccc(F)cc2)C2CC2)C1. The van der Waals surface area contributed by atoms with Crippen LogP contribution in [0.5, 0.6) is 0 Å². The van der Waals surface area contributed by atoms with E-state index in [0.29, 0.717) is 31.5 Å². The van der Waals surface area contributed by atoms with E-state index in [1.807, 2.05) is 0 Å². The third-order valence-electron chi connectivity index (χ3n) is 4.66. The Labute approximate surface area is 138 Å². The topological polar surface area (TPSA) is 40.6 Å². The summed E-state index contributed by atoms with van der Waals surface area (Å²) in [5.74, 6) is 0.481. The van der Waals surface area contributed by atoms with E-state index in [1.165, 1.54) is 12.1 Å². The van der Waals surface area contributed by atoms with Crippen molar-refractivity contribution in [3.05, 3.63) is 35.6 Å². The van der Waals surface area contributed by atoms with Gasteiger partial charge in [0, 0.05) is 25.7 Å². The summed E-state index contributed by atoms with van der Waals surface area (Å²) in [4.78, 5) is 0. The molecule has 2 aliphatic rings. The fourth-order valence-corrected chi connectivity index (χ4v) is 5.56. The maximum absolute atomic E-state index is 13.1. The Hall–Kier alpha value is -0.980. The third-order valence-corrected chi connectivity index (χ3v) is 6.63. The van der Waals surface area contributed by atoms with Gasteiger partial charge in [-0.25, -0.2) is 4.39 Å². The Kier molecular flexibility index (Phi) is 4.76. The molecule has 128 valence electrons. The van der Waals surface area contributed by atoms with Crippen LogP contribution in [0.15, 0.2) is 24.3 Å². The molecule has 1 aliphatic carbocycles. The number of halogens is 1. The van der Waals surface area contributed by atoms with Gasteiger partial charge in [0.25, 0.3) is 10.2 Å². The normalized spacial score (nSPS) is 26.6. The lowest BCUT2D eigenvalue weighted by Gasteiger charge is -2.37. The first-order chi connectivity index (χ1) is 10.9. The molecule has 0 amide bonds. The maximum atomic E-state index is 13.1. The number of rotatable bonds is 5. The van der Waals surface area contributed by atoms with Crippen molar-refractivity contribution in [3.63, 3.8) is 0 Å². The lowest BCUT2D eigenvalue weighted by atomic mass is 9.94. The second-order valence-electron chi connectivity index (χ2n) is 7.17. The summed E-state index contributed by atoms with van der Waals surface area (Å²) in [7, 11) is -3.46. The molecule has 2 unspecified atom stereocenters. The highest BCUT2D eigenvalue weighted by molar-refractivity contribution is 7.86. The van der Waals surface area contributed by atoms with Crippen LogP contribution < -0.4 is 0 Å². The molecule has 1 saturated heterocycles. The zero-order chi connectivity index (χ0) is 16.6. The van der Waals surface area contributed by atoms with E-state index in [1.54, 1.807) is 20.7 Å². The monoisotopic (exact) mass is 340 g/mol. The molecule has 1 aromatic carbocycles. The van der Waals surface area contributed by atoms with Gasteiger partial charge in [-0.3, -0.25) is 0 Å². The summed E-state index contributed by atoms with van der Waals surface area (Å²) in [5, 5.41) is 0. The molecule has 0 radical (unpaired) electrons. The van der Waals surface area contributed by atoms with Gasteiger partial charge < -0.3 is 0 Å². The van der Waals surface area contributed by atoms with Crippen LogP contribution in [0, 0.1) is 17.7 Å². The largest absolute Gasteiger partial charge is 0.282 e. The molecule has 2 atom stereocenters. The molecule has 1 aliphatic heterocycles. The quantitative estimate of drug-likeness (QED) is 0.827. The van der Waals surface area contributed by atoms with Crippen molar-refractivity contribution in [1.82, 2.24) is 8.61 Å². The molecule has 2 fully saturated rings. The Morgan fingerprint density at radius 3 is 2.22 bits per heavy atom. The van der Waals surface area contributed by atoms with E-state index in [2.05, 4.69) is 13.8 Å². The van der Waals surface area contributed by atoms with E-state index in [9.17, 15) is 12.8 Å². The van der Waals surface area contributed by atoms with Gasteiger partial charge in [0.15, 0.2) is 0 Å². The van der Waals surface area contributed by atoms with Crippen molar-refractivity contribution < 1.29 is 12.8 Å². The van der Waals surface area contributed by atoms with E-state index in [0.717, 1.165) is 24.8 Å². The van der Waals surface area contributed by atoms with Crippen molar-refractivity contribution in [2.45, 2.75) is 45.7 Å². The molecule has 6 heteroatoms. The first-order valence-electron chi connectivity index (χ1n) is 8.37. The zero-order valence-corrected chi connectivity index (χ0v) is 14.6. The molecule has 4 nitrogen and oxygen atoms in total.